The first kappa shape index (κ1) is 15.1. The van der Waals surface area contributed by atoms with Crippen molar-refractivity contribution in [2.75, 3.05) is 5.32 Å². The first-order valence-electron chi connectivity index (χ1n) is 8.13. The van der Waals surface area contributed by atoms with Gasteiger partial charge in [0.25, 0.3) is 5.56 Å². The van der Waals surface area contributed by atoms with Gasteiger partial charge in [0, 0.05) is 6.04 Å². The van der Waals surface area contributed by atoms with Gasteiger partial charge in [-0.1, -0.05) is 27.2 Å². The quantitative estimate of drug-likeness (QED) is 0.744. The van der Waals surface area contributed by atoms with Gasteiger partial charge in [-0.2, -0.15) is 10.1 Å². The van der Waals surface area contributed by atoms with E-state index < -0.39 is 0 Å². The van der Waals surface area contributed by atoms with Crippen LogP contribution in [-0.4, -0.2) is 26.2 Å². The van der Waals surface area contributed by atoms with E-state index in [2.05, 4.69) is 46.3 Å². The number of H-pyrrole nitrogens is 2. The zero-order valence-electron chi connectivity index (χ0n) is 13.6. The number of nitrogens with zero attached hydrogens (tertiary/aromatic N) is 2. The van der Waals surface area contributed by atoms with Crippen molar-refractivity contribution in [1.29, 1.82) is 0 Å². The average molecular weight is 303 g/mol. The minimum atomic E-state index is -0.151. The lowest BCUT2D eigenvalue weighted by molar-refractivity contribution is 0.214. The fraction of sp³-hybridized carbons (Fsp3) is 0.688. The summed E-state index contributed by atoms with van der Waals surface area (Å²) in [6.45, 7) is 6.99. The molecule has 0 spiro atoms. The lowest BCUT2D eigenvalue weighted by Crippen LogP contribution is -2.23. The van der Waals surface area contributed by atoms with Crippen molar-refractivity contribution < 1.29 is 0 Å². The summed E-state index contributed by atoms with van der Waals surface area (Å²) < 4.78 is 0. The third kappa shape index (κ3) is 3.15. The van der Waals surface area contributed by atoms with Gasteiger partial charge in [-0.25, -0.2) is 0 Å². The number of aromatic nitrogens is 4. The van der Waals surface area contributed by atoms with Gasteiger partial charge in [0.15, 0.2) is 5.65 Å². The molecule has 3 rings (SSSR count). The fourth-order valence-corrected chi connectivity index (χ4v) is 3.42. The molecule has 2 heterocycles. The van der Waals surface area contributed by atoms with E-state index in [9.17, 15) is 4.79 Å². The minimum Gasteiger partial charge on any atom is -0.353 e. The molecule has 0 radical (unpaired) electrons. The van der Waals surface area contributed by atoms with Gasteiger partial charge in [-0.05, 0) is 37.0 Å². The third-order valence-electron chi connectivity index (χ3n) is 4.85. The fourth-order valence-electron chi connectivity index (χ4n) is 3.42. The van der Waals surface area contributed by atoms with Crippen molar-refractivity contribution in [2.24, 2.45) is 11.3 Å². The van der Waals surface area contributed by atoms with Crippen molar-refractivity contribution in [3.63, 3.8) is 0 Å². The topological polar surface area (TPSA) is 86.5 Å². The van der Waals surface area contributed by atoms with Crippen molar-refractivity contribution in [3.05, 3.63) is 16.6 Å². The highest BCUT2D eigenvalue weighted by molar-refractivity contribution is 5.73. The number of nitrogens with one attached hydrogen (secondary N) is 3. The number of anilines is 1. The molecule has 120 valence electrons. The van der Waals surface area contributed by atoms with Crippen LogP contribution in [0, 0.1) is 11.3 Å². The molecule has 1 aliphatic rings. The van der Waals surface area contributed by atoms with Crippen LogP contribution >= 0.6 is 0 Å². The van der Waals surface area contributed by atoms with Crippen molar-refractivity contribution in [3.8, 4) is 0 Å². The highest BCUT2D eigenvalue weighted by atomic mass is 16.1. The molecule has 0 bridgehead atoms. The average Bonchev–Trinajstić information content (AvgIpc) is 2.77. The molecule has 2 unspecified atom stereocenters. The van der Waals surface area contributed by atoms with Crippen LogP contribution < -0.4 is 10.9 Å². The van der Waals surface area contributed by atoms with Crippen molar-refractivity contribution >= 4 is 17.0 Å². The minimum absolute atomic E-state index is 0.151. The standard InChI is InChI=1S/C16H25N5O/c1-16(2,3)10-5-4-6-11(8-7-10)18-15-19-13-12(9-17-21-13)14(22)20-15/h9-11H,4-8H2,1-3H3,(H3,17,18,19,20,21,22). The van der Waals surface area contributed by atoms with Gasteiger partial charge < -0.3 is 5.32 Å². The lowest BCUT2D eigenvalue weighted by Gasteiger charge is -2.29. The Balaban J connectivity index is 1.71. The zero-order chi connectivity index (χ0) is 15.7. The molecule has 22 heavy (non-hydrogen) atoms. The Hall–Kier alpha value is -1.85. The Kier molecular flexibility index (Phi) is 3.93. The summed E-state index contributed by atoms with van der Waals surface area (Å²) in [5.41, 5.74) is 0.755. The van der Waals surface area contributed by atoms with Crippen LogP contribution in [0.15, 0.2) is 11.0 Å². The second-order valence-corrected chi connectivity index (χ2v) is 7.46. The molecule has 1 aliphatic carbocycles. The molecule has 6 nitrogen and oxygen atoms in total. The second-order valence-electron chi connectivity index (χ2n) is 7.46. The molecule has 2 aromatic rings. The summed E-state index contributed by atoms with van der Waals surface area (Å²) in [7, 11) is 0. The number of hydrogen-bond donors (Lipinski definition) is 3. The van der Waals surface area contributed by atoms with Crippen LogP contribution in [0.25, 0.3) is 11.0 Å². The van der Waals surface area contributed by atoms with Gasteiger partial charge >= 0.3 is 0 Å². The zero-order valence-corrected chi connectivity index (χ0v) is 13.6. The van der Waals surface area contributed by atoms with Crippen molar-refractivity contribution in [2.45, 2.75) is 58.9 Å². The highest BCUT2D eigenvalue weighted by Gasteiger charge is 2.28. The van der Waals surface area contributed by atoms with E-state index in [0.717, 1.165) is 18.8 Å². The smallest absolute Gasteiger partial charge is 0.263 e. The summed E-state index contributed by atoms with van der Waals surface area (Å²) in [4.78, 5) is 19.2. The van der Waals surface area contributed by atoms with Crippen LogP contribution in [0.4, 0.5) is 5.95 Å². The largest absolute Gasteiger partial charge is 0.353 e. The monoisotopic (exact) mass is 303 g/mol. The van der Waals surface area contributed by atoms with Crippen LogP contribution in [0.2, 0.25) is 0 Å². The Bertz CT molecular complexity index is 696. The maximum absolute atomic E-state index is 12.0. The number of hydrogen-bond acceptors (Lipinski definition) is 4. The number of aromatic amines is 2. The highest BCUT2D eigenvalue weighted by Crippen LogP contribution is 2.37. The van der Waals surface area contributed by atoms with E-state index in [1.54, 1.807) is 0 Å². The van der Waals surface area contributed by atoms with Crippen LogP contribution in [0.3, 0.4) is 0 Å². The normalized spacial score (nSPS) is 23.4. The maximum Gasteiger partial charge on any atom is 0.263 e. The van der Waals surface area contributed by atoms with Gasteiger partial charge in [-0.15, -0.1) is 0 Å². The van der Waals surface area contributed by atoms with Gasteiger partial charge in [0.1, 0.15) is 5.39 Å². The molecule has 1 saturated carbocycles. The molecular formula is C16H25N5O. The van der Waals surface area contributed by atoms with E-state index in [1.807, 2.05) is 0 Å². The Morgan fingerprint density at radius 3 is 2.82 bits per heavy atom. The van der Waals surface area contributed by atoms with Gasteiger partial charge in [0.2, 0.25) is 5.95 Å². The van der Waals surface area contributed by atoms with Crippen LogP contribution in [0.1, 0.15) is 52.9 Å². The van der Waals surface area contributed by atoms with E-state index >= 15 is 0 Å². The molecule has 3 N–H and O–H groups in total. The maximum atomic E-state index is 12.0. The molecule has 6 heteroatoms. The predicted molar refractivity (Wildman–Crippen MR) is 88.0 cm³/mol. The Labute approximate surface area is 130 Å². The van der Waals surface area contributed by atoms with Crippen LogP contribution in [-0.2, 0) is 0 Å². The molecule has 2 atom stereocenters. The first-order valence-corrected chi connectivity index (χ1v) is 8.13. The van der Waals surface area contributed by atoms with E-state index in [4.69, 9.17) is 0 Å². The molecular weight excluding hydrogens is 278 g/mol. The molecule has 0 amide bonds. The Morgan fingerprint density at radius 1 is 1.23 bits per heavy atom. The van der Waals surface area contributed by atoms with E-state index in [-0.39, 0.29) is 5.56 Å². The second kappa shape index (κ2) is 5.74. The summed E-state index contributed by atoms with van der Waals surface area (Å²) in [5.74, 6) is 1.31. The summed E-state index contributed by atoms with van der Waals surface area (Å²) in [6.07, 6.45) is 7.47. The Morgan fingerprint density at radius 2 is 2.05 bits per heavy atom. The first-order chi connectivity index (χ1) is 10.4. The summed E-state index contributed by atoms with van der Waals surface area (Å²) in [5, 5.41) is 10.5. The molecule has 0 aromatic carbocycles. The summed E-state index contributed by atoms with van der Waals surface area (Å²) >= 11 is 0. The SMILES string of the molecule is CC(C)(C)C1CCCC(Nc2nc3[nH]ncc3c(=O)[nH]2)CC1. The van der Waals surface area contributed by atoms with Gasteiger partial charge in [-0.3, -0.25) is 14.9 Å². The van der Waals surface area contributed by atoms with Gasteiger partial charge in [0.05, 0.1) is 6.20 Å². The molecule has 0 saturated heterocycles. The lowest BCUT2D eigenvalue weighted by atomic mass is 9.76. The summed E-state index contributed by atoms with van der Waals surface area (Å²) in [6, 6.07) is 0.371. The number of fused-ring (bicyclic) bond motifs is 1. The van der Waals surface area contributed by atoms with E-state index in [0.29, 0.717) is 28.4 Å². The molecule has 2 aromatic heterocycles. The molecule has 1 fully saturated rings. The van der Waals surface area contributed by atoms with Crippen LogP contribution in [0.5, 0.6) is 0 Å². The predicted octanol–water partition coefficient (Wildman–Crippen LogP) is 3.05. The molecule has 0 aliphatic heterocycles. The third-order valence-corrected chi connectivity index (χ3v) is 4.85. The van der Waals surface area contributed by atoms with Crippen molar-refractivity contribution in [1.82, 2.24) is 20.2 Å². The number of rotatable bonds is 2. The van der Waals surface area contributed by atoms with E-state index in [1.165, 1.54) is 25.5 Å².